The van der Waals surface area contributed by atoms with Gasteiger partial charge in [0.05, 0.1) is 17.3 Å². The molecule has 0 spiro atoms. The molecule has 1 heterocycles. The first-order valence-corrected chi connectivity index (χ1v) is 4.60. The van der Waals surface area contributed by atoms with E-state index in [-0.39, 0.29) is 0 Å². The minimum atomic E-state index is 0.684. The van der Waals surface area contributed by atoms with Crippen LogP contribution in [0.25, 0.3) is 0 Å². The number of hydrogen-bond donors (Lipinski definition) is 0. The third-order valence-electron chi connectivity index (χ3n) is 1.24. The fourth-order valence-corrected chi connectivity index (χ4v) is 1.23. The topological polar surface area (TPSA) is 36.7 Å². The van der Waals surface area contributed by atoms with Crippen molar-refractivity contribution in [1.82, 2.24) is 4.98 Å². The molecule has 1 aromatic rings. The largest absolute Gasteiger partial charge is 0.260 e. The molecule has 11 heavy (non-hydrogen) atoms. The number of pyridine rings is 1. The maximum atomic E-state index is 8.55. The maximum absolute atomic E-state index is 8.55. The van der Waals surface area contributed by atoms with Crippen molar-refractivity contribution < 1.29 is 0 Å². The van der Waals surface area contributed by atoms with Crippen LogP contribution in [-0.4, -0.2) is 11.2 Å². The zero-order valence-electron chi connectivity index (χ0n) is 6.24. The number of aromatic nitrogens is 1. The minimum absolute atomic E-state index is 0.684. The summed E-state index contributed by atoms with van der Waals surface area (Å²) >= 11 is 1.70. The standard InChI is InChI=1S/C8H8N2S/c1-11-6-8-4-7(5-9)2-3-10-8/h2-4H,6H2,1H3. The average Bonchev–Trinajstić information content (AvgIpc) is 2.06. The maximum Gasteiger partial charge on any atom is 0.0992 e. The number of thioether (sulfide) groups is 1. The molecule has 0 unspecified atom stereocenters. The van der Waals surface area contributed by atoms with Gasteiger partial charge in [-0.1, -0.05) is 0 Å². The molecule has 0 aliphatic carbocycles. The van der Waals surface area contributed by atoms with Crippen LogP contribution in [0.2, 0.25) is 0 Å². The molecule has 0 radical (unpaired) electrons. The first-order valence-electron chi connectivity index (χ1n) is 3.21. The van der Waals surface area contributed by atoms with Crippen molar-refractivity contribution in [3.05, 3.63) is 29.6 Å². The Morgan fingerprint density at radius 2 is 2.55 bits per heavy atom. The fourth-order valence-electron chi connectivity index (χ4n) is 0.775. The molecule has 0 aliphatic rings. The van der Waals surface area contributed by atoms with Gasteiger partial charge in [0.15, 0.2) is 0 Å². The number of nitrogens with zero attached hydrogens (tertiary/aromatic N) is 2. The Morgan fingerprint density at radius 3 is 3.18 bits per heavy atom. The molecule has 0 atom stereocenters. The van der Waals surface area contributed by atoms with Gasteiger partial charge < -0.3 is 0 Å². The molecule has 1 aromatic heterocycles. The summed E-state index contributed by atoms with van der Waals surface area (Å²) in [4.78, 5) is 4.11. The van der Waals surface area contributed by atoms with Crippen LogP contribution in [0.4, 0.5) is 0 Å². The van der Waals surface area contributed by atoms with Crippen molar-refractivity contribution in [3.8, 4) is 6.07 Å². The zero-order valence-corrected chi connectivity index (χ0v) is 7.06. The minimum Gasteiger partial charge on any atom is -0.260 e. The summed E-state index contributed by atoms with van der Waals surface area (Å²) in [5.74, 6) is 0.871. The van der Waals surface area contributed by atoms with Crippen LogP contribution in [0, 0.1) is 11.3 Å². The lowest BCUT2D eigenvalue weighted by Gasteiger charge is -1.95. The Bertz CT molecular complexity index is 278. The second kappa shape index (κ2) is 3.99. The number of rotatable bonds is 2. The lowest BCUT2D eigenvalue weighted by Crippen LogP contribution is -1.86. The van der Waals surface area contributed by atoms with Gasteiger partial charge in [0.25, 0.3) is 0 Å². The number of hydrogen-bond acceptors (Lipinski definition) is 3. The molecule has 1 rings (SSSR count). The van der Waals surface area contributed by atoms with Crippen LogP contribution in [0.1, 0.15) is 11.3 Å². The summed E-state index contributed by atoms with van der Waals surface area (Å²) in [5.41, 5.74) is 1.65. The van der Waals surface area contributed by atoms with E-state index < -0.39 is 0 Å². The molecule has 0 saturated heterocycles. The highest BCUT2D eigenvalue weighted by Crippen LogP contribution is 2.07. The summed E-state index contributed by atoms with van der Waals surface area (Å²) in [6.45, 7) is 0. The fraction of sp³-hybridized carbons (Fsp3) is 0.250. The van der Waals surface area contributed by atoms with Gasteiger partial charge in [0.1, 0.15) is 0 Å². The Hall–Kier alpha value is -1.01. The molecule has 0 amide bonds. The van der Waals surface area contributed by atoms with Crippen LogP contribution in [0.3, 0.4) is 0 Å². The summed E-state index contributed by atoms with van der Waals surface area (Å²) < 4.78 is 0. The average molecular weight is 164 g/mol. The summed E-state index contributed by atoms with van der Waals surface area (Å²) in [5, 5.41) is 8.55. The quantitative estimate of drug-likeness (QED) is 0.669. The second-order valence-corrected chi connectivity index (χ2v) is 2.95. The van der Waals surface area contributed by atoms with Gasteiger partial charge in [-0.05, 0) is 18.4 Å². The smallest absolute Gasteiger partial charge is 0.0992 e. The van der Waals surface area contributed by atoms with Crippen LogP contribution in [0.5, 0.6) is 0 Å². The lowest BCUT2D eigenvalue weighted by molar-refractivity contribution is 1.17. The van der Waals surface area contributed by atoms with Crippen molar-refractivity contribution >= 4 is 11.8 Å². The monoisotopic (exact) mass is 164 g/mol. The van der Waals surface area contributed by atoms with E-state index in [1.54, 1.807) is 24.0 Å². The van der Waals surface area contributed by atoms with E-state index in [4.69, 9.17) is 5.26 Å². The van der Waals surface area contributed by atoms with E-state index in [0.717, 1.165) is 11.4 Å². The summed E-state index contributed by atoms with van der Waals surface area (Å²) in [6.07, 6.45) is 3.69. The van der Waals surface area contributed by atoms with E-state index >= 15 is 0 Å². The van der Waals surface area contributed by atoms with Crippen LogP contribution in [-0.2, 0) is 5.75 Å². The van der Waals surface area contributed by atoms with Gasteiger partial charge in [-0.15, -0.1) is 0 Å². The summed E-state index contributed by atoms with van der Waals surface area (Å²) in [6, 6.07) is 5.60. The number of nitriles is 1. The van der Waals surface area contributed by atoms with E-state index in [9.17, 15) is 0 Å². The van der Waals surface area contributed by atoms with Gasteiger partial charge in [-0.25, -0.2) is 0 Å². The van der Waals surface area contributed by atoms with Crippen molar-refractivity contribution in [2.45, 2.75) is 5.75 Å². The van der Waals surface area contributed by atoms with E-state index in [1.165, 1.54) is 0 Å². The molecule has 0 bridgehead atoms. The van der Waals surface area contributed by atoms with Gasteiger partial charge in [-0.2, -0.15) is 17.0 Å². The summed E-state index contributed by atoms with van der Waals surface area (Å²) in [7, 11) is 0. The highest BCUT2D eigenvalue weighted by molar-refractivity contribution is 7.97. The van der Waals surface area contributed by atoms with E-state index in [1.807, 2.05) is 12.3 Å². The molecule has 0 N–H and O–H groups in total. The van der Waals surface area contributed by atoms with Gasteiger partial charge in [0.2, 0.25) is 0 Å². The molecule has 0 aliphatic heterocycles. The Balaban J connectivity index is 2.85. The van der Waals surface area contributed by atoms with Gasteiger partial charge in [0, 0.05) is 11.9 Å². The molecule has 0 aromatic carbocycles. The van der Waals surface area contributed by atoms with Crippen LogP contribution in [0.15, 0.2) is 18.3 Å². The molecule has 0 saturated carbocycles. The highest BCUT2D eigenvalue weighted by atomic mass is 32.2. The van der Waals surface area contributed by atoms with E-state index in [2.05, 4.69) is 11.1 Å². The first-order chi connectivity index (χ1) is 5.36. The van der Waals surface area contributed by atoms with Crippen molar-refractivity contribution in [1.29, 1.82) is 5.26 Å². The molecule has 3 heteroatoms. The predicted molar refractivity (Wildman–Crippen MR) is 46.2 cm³/mol. The van der Waals surface area contributed by atoms with Crippen molar-refractivity contribution in [2.75, 3.05) is 6.26 Å². The second-order valence-electron chi connectivity index (χ2n) is 2.08. The Labute approximate surface area is 70.3 Å². The molecule has 0 fully saturated rings. The third kappa shape index (κ3) is 2.24. The Morgan fingerprint density at radius 1 is 1.73 bits per heavy atom. The lowest BCUT2D eigenvalue weighted by atomic mass is 10.2. The predicted octanol–water partition coefficient (Wildman–Crippen LogP) is 1.82. The third-order valence-corrected chi connectivity index (χ3v) is 1.82. The molecular weight excluding hydrogens is 156 g/mol. The van der Waals surface area contributed by atoms with E-state index in [0.29, 0.717) is 5.56 Å². The van der Waals surface area contributed by atoms with Gasteiger partial charge >= 0.3 is 0 Å². The van der Waals surface area contributed by atoms with Crippen molar-refractivity contribution in [2.24, 2.45) is 0 Å². The normalized spacial score (nSPS) is 9.09. The molecular formula is C8H8N2S. The highest BCUT2D eigenvalue weighted by Gasteiger charge is 1.93. The van der Waals surface area contributed by atoms with Crippen molar-refractivity contribution in [3.63, 3.8) is 0 Å². The Kier molecular flexibility index (Phi) is 2.94. The SMILES string of the molecule is CSCc1cc(C#N)ccn1. The molecule has 56 valence electrons. The molecule has 2 nitrogen and oxygen atoms in total. The first kappa shape index (κ1) is 8.09. The van der Waals surface area contributed by atoms with Crippen LogP contribution < -0.4 is 0 Å². The van der Waals surface area contributed by atoms with Crippen LogP contribution >= 0.6 is 11.8 Å². The van der Waals surface area contributed by atoms with Gasteiger partial charge in [-0.3, -0.25) is 4.98 Å². The zero-order chi connectivity index (χ0) is 8.10.